The summed E-state index contributed by atoms with van der Waals surface area (Å²) in [6, 6.07) is 7.80. The molecule has 0 atom stereocenters. The number of aromatic nitrogens is 4. The average Bonchev–Trinajstić information content (AvgIpc) is 3.59. The number of hydrogen-bond donors (Lipinski definition) is 1. The molecule has 1 fully saturated rings. The van der Waals surface area contributed by atoms with Gasteiger partial charge in [-0.1, -0.05) is 20.8 Å². The van der Waals surface area contributed by atoms with E-state index in [1.54, 1.807) is 13.3 Å². The Bertz CT molecular complexity index is 1550. The summed E-state index contributed by atoms with van der Waals surface area (Å²) in [5.41, 5.74) is 4.49. The third-order valence-corrected chi connectivity index (χ3v) is 13.0. The maximum absolute atomic E-state index is 13.4. The molecule has 4 heterocycles. The quantitative estimate of drug-likeness (QED) is 0.227. The van der Waals surface area contributed by atoms with Gasteiger partial charge in [0, 0.05) is 49.1 Å². The van der Waals surface area contributed by atoms with Crippen LogP contribution in [0.4, 0.5) is 11.4 Å². The second-order valence-corrected chi connectivity index (χ2v) is 17.3. The maximum atomic E-state index is 13.4. The monoisotopic (exact) mass is 590 g/mol. The van der Waals surface area contributed by atoms with Gasteiger partial charge in [0.2, 0.25) is 5.89 Å². The van der Waals surface area contributed by atoms with Gasteiger partial charge in [-0.2, -0.15) is 5.10 Å². The summed E-state index contributed by atoms with van der Waals surface area (Å²) < 4.78 is 19.6. The topological polar surface area (TPSA) is 108 Å². The van der Waals surface area contributed by atoms with Crippen molar-refractivity contribution in [3.8, 4) is 11.5 Å². The molecule has 3 aromatic heterocycles. The van der Waals surface area contributed by atoms with E-state index in [2.05, 4.69) is 65.2 Å². The van der Waals surface area contributed by atoms with Crippen molar-refractivity contribution in [1.82, 2.24) is 19.7 Å². The van der Waals surface area contributed by atoms with E-state index in [0.717, 1.165) is 53.8 Å². The minimum atomic E-state index is -1.86. The van der Waals surface area contributed by atoms with Crippen LogP contribution in [0.15, 0.2) is 47.3 Å². The van der Waals surface area contributed by atoms with Crippen molar-refractivity contribution in [2.75, 3.05) is 37.0 Å². The van der Waals surface area contributed by atoms with E-state index in [-0.39, 0.29) is 22.7 Å². The number of rotatable bonds is 9. The van der Waals surface area contributed by atoms with Crippen molar-refractivity contribution in [3.63, 3.8) is 0 Å². The van der Waals surface area contributed by atoms with Crippen molar-refractivity contribution in [2.45, 2.75) is 71.3 Å². The Hall–Kier alpha value is -3.54. The molecule has 1 N–H and O–H groups in total. The Balaban J connectivity index is 1.40. The summed E-state index contributed by atoms with van der Waals surface area (Å²) in [5.74, 6) is 0.0452. The number of pyridine rings is 1. The Morgan fingerprint density at radius 3 is 2.64 bits per heavy atom. The normalized spacial score (nSPS) is 15.0. The number of amides is 1. The van der Waals surface area contributed by atoms with Crippen LogP contribution < -0.4 is 10.2 Å². The number of piperidine rings is 1. The Morgan fingerprint density at radius 2 is 1.95 bits per heavy atom. The number of oxazole rings is 1. The van der Waals surface area contributed by atoms with Gasteiger partial charge in [-0.3, -0.25) is 14.5 Å². The number of fused-ring (bicyclic) bond motifs is 1. The summed E-state index contributed by atoms with van der Waals surface area (Å²) in [4.78, 5) is 24.4. The Kier molecular flexibility index (Phi) is 8.54. The number of hydrogen-bond acceptors (Lipinski definition) is 8. The second kappa shape index (κ2) is 12.0. The van der Waals surface area contributed by atoms with Crippen LogP contribution in [-0.4, -0.2) is 66.9 Å². The third kappa shape index (κ3) is 6.43. The number of methoxy groups -OCH3 is 1. The van der Waals surface area contributed by atoms with Gasteiger partial charge in [0.25, 0.3) is 5.91 Å². The molecule has 0 radical (unpaired) electrons. The lowest BCUT2D eigenvalue weighted by atomic mass is 10.1. The molecule has 4 aromatic rings. The lowest BCUT2D eigenvalue weighted by Gasteiger charge is -2.42. The molecule has 11 heteroatoms. The van der Waals surface area contributed by atoms with E-state index in [1.807, 2.05) is 36.0 Å². The number of anilines is 2. The number of ether oxygens (including phenoxy) is 1. The molecular weight excluding hydrogens is 548 g/mol. The first-order valence-corrected chi connectivity index (χ1v) is 17.5. The molecule has 1 saturated heterocycles. The van der Waals surface area contributed by atoms with E-state index >= 15 is 0 Å². The zero-order valence-corrected chi connectivity index (χ0v) is 26.7. The highest BCUT2D eigenvalue weighted by atomic mass is 28.4. The zero-order valence-electron chi connectivity index (χ0n) is 25.7. The predicted octanol–water partition coefficient (Wildman–Crippen LogP) is 6.28. The van der Waals surface area contributed by atoms with Gasteiger partial charge < -0.3 is 23.8 Å². The molecule has 1 aliphatic rings. The molecular formula is C31H42N6O4Si. The van der Waals surface area contributed by atoms with E-state index in [1.165, 1.54) is 6.26 Å². The summed E-state index contributed by atoms with van der Waals surface area (Å²) in [6.07, 6.45) is 7.01. The molecule has 0 saturated carbocycles. The van der Waals surface area contributed by atoms with Crippen LogP contribution in [-0.2, 0) is 15.7 Å². The van der Waals surface area contributed by atoms with E-state index in [0.29, 0.717) is 24.7 Å². The zero-order chi connectivity index (χ0) is 30.1. The van der Waals surface area contributed by atoms with Gasteiger partial charge in [-0.05, 0) is 62.2 Å². The summed E-state index contributed by atoms with van der Waals surface area (Å²) in [6.45, 7) is 16.2. The van der Waals surface area contributed by atoms with Crippen molar-refractivity contribution in [2.24, 2.45) is 0 Å². The van der Waals surface area contributed by atoms with Gasteiger partial charge in [0.05, 0.1) is 36.2 Å². The minimum Gasteiger partial charge on any atom is -0.444 e. The van der Waals surface area contributed by atoms with Crippen LogP contribution in [0.2, 0.25) is 18.1 Å². The van der Waals surface area contributed by atoms with Crippen LogP contribution in [0.25, 0.3) is 22.4 Å². The highest BCUT2D eigenvalue weighted by Crippen LogP contribution is 2.39. The SMILES string of the molecule is COCCn1ncc2cc(NC(=O)c3coc(-c4ccnc(C)c4)n3)c(N3CCC(O[Si](C)(C)C(C)(C)C)CC3)cc21. The lowest BCUT2D eigenvalue weighted by Crippen LogP contribution is -2.47. The van der Waals surface area contributed by atoms with Crippen molar-refractivity contribution < 1.29 is 18.4 Å². The highest BCUT2D eigenvalue weighted by molar-refractivity contribution is 6.74. The van der Waals surface area contributed by atoms with Crippen molar-refractivity contribution in [1.29, 1.82) is 0 Å². The lowest BCUT2D eigenvalue weighted by molar-refractivity contribution is 0.102. The molecule has 0 unspecified atom stereocenters. The Morgan fingerprint density at radius 1 is 1.19 bits per heavy atom. The van der Waals surface area contributed by atoms with Crippen molar-refractivity contribution in [3.05, 3.63) is 54.3 Å². The number of carbonyl (C=O) groups is 1. The fourth-order valence-electron chi connectivity index (χ4n) is 5.02. The molecule has 1 amide bonds. The molecule has 0 bridgehead atoms. The Labute approximate surface area is 248 Å². The van der Waals surface area contributed by atoms with Crippen molar-refractivity contribution >= 4 is 36.5 Å². The van der Waals surface area contributed by atoms with Crippen LogP contribution >= 0.6 is 0 Å². The number of nitrogens with zero attached hydrogens (tertiary/aromatic N) is 5. The van der Waals surface area contributed by atoms with E-state index in [4.69, 9.17) is 13.6 Å². The van der Waals surface area contributed by atoms with Gasteiger partial charge in [-0.15, -0.1) is 0 Å². The van der Waals surface area contributed by atoms with Crippen LogP contribution in [0.1, 0.15) is 49.8 Å². The van der Waals surface area contributed by atoms with Crippen LogP contribution in [0.3, 0.4) is 0 Å². The first-order valence-electron chi connectivity index (χ1n) is 14.6. The first kappa shape index (κ1) is 29.9. The smallest absolute Gasteiger partial charge is 0.277 e. The minimum absolute atomic E-state index is 0.171. The fourth-order valence-corrected chi connectivity index (χ4v) is 6.44. The van der Waals surface area contributed by atoms with Crippen LogP contribution in [0, 0.1) is 6.92 Å². The largest absolute Gasteiger partial charge is 0.444 e. The van der Waals surface area contributed by atoms with Gasteiger partial charge in [0.1, 0.15) is 6.26 Å². The molecule has 0 spiro atoms. The maximum Gasteiger partial charge on any atom is 0.277 e. The first-order chi connectivity index (χ1) is 19.9. The molecule has 224 valence electrons. The fraction of sp³-hybridized carbons (Fsp3) is 0.484. The standard InChI is InChI=1S/C31H42N6O4Si/c1-21-16-22(8-11-32-21)30-35-26(20-40-30)29(38)34-25-17-23-19-33-37(14-15-39-5)27(23)18-28(25)36-12-9-24(10-13-36)41-42(6,7)31(2,3)4/h8,11,16-20,24H,9-10,12-15H2,1-7H3,(H,34,38). The third-order valence-electron chi connectivity index (χ3n) is 8.45. The van der Waals surface area contributed by atoms with Gasteiger partial charge >= 0.3 is 0 Å². The molecule has 1 aromatic carbocycles. The summed E-state index contributed by atoms with van der Waals surface area (Å²) in [5, 5.41) is 8.80. The van der Waals surface area contributed by atoms with Gasteiger partial charge in [0.15, 0.2) is 14.0 Å². The molecule has 10 nitrogen and oxygen atoms in total. The highest BCUT2D eigenvalue weighted by Gasteiger charge is 2.39. The van der Waals surface area contributed by atoms with E-state index < -0.39 is 8.32 Å². The average molecular weight is 591 g/mol. The molecule has 0 aliphatic carbocycles. The molecule has 42 heavy (non-hydrogen) atoms. The summed E-state index contributed by atoms with van der Waals surface area (Å²) in [7, 11) is -0.169. The molecule has 1 aliphatic heterocycles. The number of aryl methyl sites for hydroxylation is 1. The predicted molar refractivity (Wildman–Crippen MR) is 168 cm³/mol. The van der Waals surface area contributed by atoms with Gasteiger partial charge in [-0.25, -0.2) is 4.98 Å². The number of nitrogens with one attached hydrogen (secondary N) is 1. The number of carbonyl (C=O) groups excluding carboxylic acids is 1. The summed E-state index contributed by atoms with van der Waals surface area (Å²) >= 11 is 0. The second-order valence-electron chi connectivity index (χ2n) is 12.5. The number of benzene rings is 1. The molecule has 5 rings (SSSR count). The van der Waals surface area contributed by atoms with Crippen LogP contribution in [0.5, 0.6) is 0 Å². The van der Waals surface area contributed by atoms with E-state index in [9.17, 15) is 4.79 Å².